The van der Waals surface area contributed by atoms with E-state index in [1.165, 1.54) is 31.0 Å². The van der Waals surface area contributed by atoms with Gasteiger partial charge in [-0.2, -0.15) is 0 Å². The average molecular weight is 499 g/mol. The van der Waals surface area contributed by atoms with Gasteiger partial charge in [-0.3, -0.25) is 14.2 Å². The number of amides is 1. The highest BCUT2D eigenvalue weighted by atomic mass is 32.2. The summed E-state index contributed by atoms with van der Waals surface area (Å²) in [5.41, 5.74) is 0.643. The molecule has 2 aromatic rings. The van der Waals surface area contributed by atoms with E-state index in [1.54, 1.807) is 6.92 Å². The van der Waals surface area contributed by atoms with Crippen LogP contribution in [-0.2, 0) is 20.9 Å². The highest BCUT2D eigenvalue weighted by molar-refractivity contribution is 7.99. The molecule has 0 aliphatic heterocycles. The number of ether oxygens (including phenoxy) is 2. The number of carbonyl (C=O) groups excluding carboxylic acids is 2. The number of thioether (sulfide) groups is 1. The first-order valence-electron chi connectivity index (χ1n) is 12.7. The van der Waals surface area contributed by atoms with Crippen LogP contribution in [-0.4, -0.2) is 45.6 Å². The van der Waals surface area contributed by atoms with Crippen LogP contribution in [0.3, 0.4) is 0 Å². The van der Waals surface area contributed by atoms with Gasteiger partial charge in [0.2, 0.25) is 5.91 Å². The average Bonchev–Trinajstić information content (AvgIpc) is 3.24. The number of nitrogens with zero attached hydrogens (tertiary/aromatic N) is 3. The molecule has 0 unspecified atom stereocenters. The highest BCUT2D eigenvalue weighted by Gasteiger charge is 2.54. The Bertz CT molecular complexity index is 1030. The third kappa shape index (κ3) is 5.06. The Morgan fingerprint density at radius 3 is 2.29 bits per heavy atom. The fraction of sp³-hybridized carbons (Fsp3) is 0.615. The van der Waals surface area contributed by atoms with Gasteiger partial charge in [0.15, 0.2) is 11.0 Å². The zero-order valence-corrected chi connectivity index (χ0v) is 21.3. The lowest BCUT2D eigenvalue weighted by molar-refractivity contribution is -0.146. The molecule has 1 aromatic heterocycles. The molecule has 1 amide bonds. The van der Waals surface area contributed by atoms with Gasteiger partial charge in [-0.25, -0.2) is 0 Å². The molecule has 8 nitrogen and oxygen atoms in total. The standard InChI is InChI=1S/C26H34N4O4S/c1-3-33-21-7-5-20(6-8-21)30-22(28-29-25(30)35-16-23(31)34-4-2)15-27-24(32)26-12-17-9-18(13-26)11-19(10-17)14-26/h5-8,17-19H,3-4,9-16H2,1-2H3,(H,27,32). The maximum absolute atomic E-state index is 13.5. The first kappa shape index (κ1) is 24.2. The summed E-state index contributed by atoms with van der Waals surface area (Å²) < 4.78 is 12.5. The highest BCUT2D eigenvalue weighted by Crippen LogP contribution is 2.60. The van der Waals surface area contributed by atoms with Gasteiger partial charge in [0.25, 0.3) is 0 Å². The van der Waals surface area contributed by atoms with Crippen molar-refractivity contribution < 1.29 is 19.1 Å². The summed E-state index contributed by atoms with van der Waals surface area (Å²) in [5.74, 6) is 3.57. The number of benzene rings is 1. The quantitative estimate of drug-likeness (QED) is 0.388. The zero-order valence-electron chi connectivity index (χ0n) is 20.5. The molecule has 0 radical (unpaired) electrons. The van der Waals surface area contributed by atoms with Gasteiger partial charge >= 0.3 is 5.97 Å². The van der Waals surface area contributed by atoms with Crippen molar-refractivity contribution in [3.05, 3.63) is 30.1 Å². The molecule has 1 aromatic carbocycles. The maximum Gasteiger partial charge on any atom is 0.316 e. The van der Waals surface area contributed by atoms with Crippen LogP contribution in [0.5, 0.6) is 5.75 Å². The first-order chi connectivity index (χ1) is 17.0. The molecule has 9 heteroatoms. The van der Waals surface area contributed by atoms with E-state index in [0.29, 0.717) is 48.5 Å². The van der Waals surface area contributed by atoms with Crippen molar-refractivity contribution in [2.75, 3.05) is 19.0 Å². The molecule has 1 N–H and O–H groups in total. The van der Waals surface area contributed by atoms with E-state index in [4.69, 9.17) is 9.47 Å². The molecule has 0 saturated heterocycles. The monoisotopic (exact) mass is 498 g/mol. The molecule has 35 heavy (non-hydrogen) atoms. The Kier molecular flexibility index (Phi) is 7.05. The van der Waals surface area contributed by atoms with E-state index >= 15 is 0 Å². The number of rotatable bonds is 10. The molecule has 188 valence electrons. The molecule has 4 aliphatic carbocycles. The smallest absolute Gasteiger partial charge is 0.316 e. The van der Waals surface area contributed by atoms with Gasteiger partial charge in [0, 0.05) is 11.1 Å². The predicted octanol–water partition coefficient (Wildman–Crippen LogP) is 4.15. The van der Waals surface area contributed by atoms with E-state index in [2.05, 4.69) is 15.5 Å². The normalized spacial score (nSPS) is 26.5. The predicted molar refractivity (Wildman–Crippen MR) is 132 cm³/mol. The van der Waals surface area contributed by atoms with Gasteiger partial charge in [-0.1, -0.05) is 11.8 Å². The van der Waals surface area contributed by atoms with Crippen molar-refractivity contribution in [2.24, 2.45) is 23.2 Å². The molecule has 4 aliphatic rings. The molecule has 4 fully saturated rings. The lowest BCUT2D eigenvalue weighted by Crippen LogP contribution is -2.53. The van der Waals surface area contributed by atoms with Crippen molar-refractivity contribution in [3.8, 4) is 11.4 Å². The lowest BCUT2D eigenvalue weighted by atomic mass is 9.49. The van der Waals surface area contributed by atoms with Crippen molar-refractivity contribution in [1.82, 2.24) is 20.1 Å². The third-order valence-corrected chi connectivity index (χ3v) is 8.56. The molecule has 0 spiro atoms. The minimum Gasteiger partial charge on any atom is -0.494 e. The summed E-state index contributed by atoms with van der Waals surface area (Å²) in [6.45, 7) is 4.96. The number of nitrogens with one attached hydrogen (secondary N) is 1. The van der Waals surface area contributed by atoms with Crippen molar-refractivity contribution in [2.45, 2.75) is 64.1 Å². The van der Waals surface area contributed by atoms with Crippen LogP contribution in [0.25, 0.3) is 5.69 Å². The van der Waals surface area contributed by atoms with E-state index in [1.807, 2.05) is 35.8 Å². The summed E-state index contributed by atoms with van der Waals surface area (Å²) in [6.07, 6.45) is 6.99. The van der Waals surface area contributed by atoms with Gasteiger partial charge < -0.3 is 14.8 Å². The number of hydrogen-bond acceptors (Lipinski definition) is 7. The summed E-state index contributed by atoms with van der Waals surface area (Å²) in [5, 5.41) is 12.5. The molecular formula is C26H34N4O4S. The summed E-state index contributed by atoms with van der Waals surface area (Å²) in [4.78, 5) is 25.4. The van der Waals surface area contributed by atoms with Gasteiger partial charge in [0.1, 0.15) is 5.75 Å². The largest absolute Gasteiger partial charge is 0.494 e. The Hall–Kier alpha value is -2.55. The first-order valence-corrected chi connectivity index (χ1v) is 13.7. The molecule has 4 saturated carbocycles. The van der Waals surface area contributed by atoms with Crippen LogP contribution in [0.15, 0.2) is 29.4 Å². The second-order valence-corrected chi connectivity index (χ2v) is 11.1. The summed E-state index contributed by atoms with van der Waals surface area (Å²) in [7, 11) is 0. The number of aromatic nitrogens is 3. The van der Waals surface area contributed by atoms with Crippen LogP contribution in [0.4, 0.5) is 0 Å². The van der Waals surface area contributed by atoms with Crippen LogP contribution in [0.1, 0.15) is 58.2 Å². The Morgan fingerprint density at radius 2 is 1.69 bits per heavy atom. The third-order valence-electron chi connectivity index (χ3n) is 7.66. The number of carbonyl (C=O) groups is 2. The molecular weight excluding hydrogens is 464 g/mol. The van der Waals surface area contributed by atoms with Gasteiger partial charge in [-0.15, -0.1) is 10.2 Å². The van der Waals surface area contributed by atoms with Crippen molar-refractivity contribution in [3.63, 3.8) is 0 Å². The number of hydrogen-bond donors (Lipinski definition) is 1. The molecule has 6 rings (SSSR count). The fourth-order valence-corrected chi connectivity index (χ4v) is 7.46. The van der Waals surface area contributed by atoms with Gasteiger partial charge in [-0.05, 0) is 94.4 Å². The van der Waals surface area contributed by atoms with E-state index in [-0.39, 0.29) is 23.0 Å². The fourth-order valence-electron chi connectivity index (χ4n) is 6.69. The van der Waals surface area contributed by atoms with Gasteiger partial charge in [0.05, 0.1) is 25.5 Å². The minimum atomic E-state index is -0.296. The van der Waals surface area contributed by atoms with E-state index < -0.39 is 0 Å². The minimum absolute atomic E-state index is 0.142. The molecule has 1 heterocycles. The summed E-state index contributed by atoms with van der Waals surface area (Å²) >= 11 is 1.28. The topological polar surface area (TPSA) is 95.3 Å². The molecule has 4 bridgehead atoms. The Morgan fingerprint density at radius 1 is 1.03 bits per heavy atom. The van der Waals surface area contributed by atoms with E-state index in [0.717, 1.165) is 30.7 Å². The second-order valence-electron chi connectivity index (χ2n) is 10.1. The SMILES string of the molecule is CCOC(=O)CSc1nnc(CNC(=O)C23CC4CC(CC(C4)C2)C3)n1-c1ccc(OCC)cc1. The Balaban J connectivity index is 1.34. The zero-order chi connectivity index (χ0) is 24.4. The Labute approximate surface area is 210 Å². The lowest BCUT2D eigenvalue weighted by Gasteiger charge is -2.55. The second kappa shape index (κ2) is 10.2. The molecule has 0 atom stereocenters. The van der Waals surface area contributed by atoms with Crippen LogP contribution in [0, 0.1) is 23.2 Å². The number of esters is 1. The van der Waals surface area contributed by atoms with Crippen LogP contribution >= 0.6 is 11.8 Å². The van der Waals surface area contributed by atoms with E-state index in [9.17, 15) is 9.59 Å². The van der Waals surface area contributed by atoms with Crippen LogP contribution < -0.4 is 10.1 Å². The summed E-state index contributed by atoms with van der Waals surface area (Å²) in [6, 6.07) is 7.67. The van der Waals surface area contributed by atoms with Crippen molar-refractivity contribution >= 4 is 23.6 Å². The maximum atomic E-state index is 13.5. The van der Waals surface area contributed by atoms with Crippen molar-refractivity contribution in [1.29, 1.82) is 0 Å². The van der Waals surface area contributed by atoms with Crippen LogP contribution in [0.2, 0.25) is 0 Å².